The van der Waals surface area contributed by atoms with Gasteiger partial charge in [0.1, 0.15) is 23.7 Å². The minimum atomic E-state index is -3.64. The van der Waals surface area contributed by atoms with Crippen LogP contribution in [0.25, 0.3) is 0 Å². The number of halogens is 1. The highest BCUT2D eigenvalue weighted by Gasteiger charge is 2.41. The van der Waals surface area contributed by atoms with Gasteiger partial charge in [-0.1, -0.05) is 36.4 Å². The Morgan fingerprint density at radius 1 is 1.20 bits per heavy atom. The minimum absolute atomic E-state index is 0. The Balaban J connectivity index is 0.00000432. The number of carbonyl (C=O) groups excluding carboxylic acids is 2. The van der Waals surface area contributed by atoms with Crippen molar-refractivity contribution in [1.82, 2.24) is 14.9 Å². The molecule has 1 aliphatic heterocycles. The highest BCUT2D eigenvalue weighted by Crippen LogP contribution is 2.22. The molecule has 3 rings (SSSR count). The molecule has 0 spiro atoms. The van der Waals surface area contributed by atoms with Crippen molar-refractivity contribution < 1.29 is 23.1 Å². The van der Waals surface area contributed by atoms with E-state index < -0.39 is 28.0 Å². The Bertz CT molecular complexity index is 1180. The van der Waals surface area contributed by atoms with Crippen molar-refractivity contribution in [1.29, 1.82) is 5.41 Å². The number of likely N-dealkylation sites (tertiary alicyclic amines) is 1. The van der Waals surface area contributed by atoms with E-state index in [1.165, 1.54) is 24.0 Å². The Morgan fingerprint density at radius 3 is 2.43 bits per heavy atom. The van der Waals surface area contributed by atoms with E-state index in [2.05, 4.69) is 10.0 Å². The average molecular weight is 524 g/mol. The number of nitrogens with one attached hydrogen (secondary N) is 3. The van der Waals surface area contributed by atoms with Crippen LogP contribution in [-0.2, 0) is 32.6 Å². The second-order valence-electron chi connectivity index (χ2n) is 8.08. The van der Waals surface area contributed by atoms with Crippen LogP contribution in [0.5, 0.6) is 5.75 Å². The Morgan fingerprint density at radius 2 is 1.89 bits per heavy atom. The number of sulfonamides is 1. The summed E-state index contributed by atoms with van der Waals surface area (Å²) in [7, 11) is -3.64. The van der Waals surface area contributed by atoms with Crippen molar-refractivity contribution in [3.63, 3.8) is 0 Å². The van der Waals surface area contributed by atoms with Crippen LogP contribution in [0.2, 0.25) is 0 Å². The van der Waals surface area contributed by atoms with E-state index >= 15 is 0 Å². The van der Waals surface area contributed by atoms with Crippen LogP contribution in [-0.4, -0.2) is 60.5 Å². The maximum atomic E-state index is 13.2. The van der Waals surface area contributed by atoms with Gasteiger partial charge >= 0.3 is 0 Å². The van der Waals surface area contributed by atoms with Gasteiger partial charge in [0.05, 0.1) is 11.3 Å². The molecule has 2 amide bonds. The normalized spacial score (nSPS) is 15.9. The number of aromatic hydroxyl groups is 1. The van der Waals surface area contributed by atoms with Gasteiger partial charge in [-0.2, -0.15) is 0 Å². The number of phenols is 1. The first-order valence-electron chi connectivity index (χ1n) is 10.9. The lowest BCUT2D eigenvalue weighted by Crippen LogP contribution is -2.62. The van der Waals surface area contributed by atoms with Crippen molar-refractivity contribution in [3.8, 4) is 5.75 Å². The zero-order valence-electron chi connectivity index (χ0n) is 19.2. The number of benzene rings is 2. The lowest BCUT2D eigenvalue weighted by Gasteiger charge is -2.41. The van der Waals surface area contributed by atoms with Crippen LogP contribution in [0.15, 0.2) is 48.5 Å². The van der Waals surface area contributed by atoms with Crippen LogP contribution in [0.1, 0.15) is 30.0 Å². The average Bonchev–Trinajstić information content (AvgIpc) is 2.77. The second kappa shape index (κ2) is 12.0. The van der Waals surface area contributed by atoms with Gasteiger partial charge in [0.2, 0.25) is 21.8 Å². The molecule has 190 valence electrons. The highest BCUT2D eigenvalue weighted by atomic mass is 35.5. The molecule has 10 nitrogen and oxygen atoms in total. The van der Waals surface area contributed by atoms with Crippen LogP contribution in [0, 0.1) is 5.41 Å². The molecule has 0 unspecified atom stereocenters. The van der Waals surface area contributed by atoms with E-state index in [1.807, 2.05) is 30.3 Å². The largest absolute Gasteiger partial charge is 0.507 e. The van der Waals surface area contributed by atoms with Crippen molar-refractivity contribution in [2.75, 3.05) is 12.3 Å². The summed E-state index contributed by atoms with van der Waals surface area (Å²) < 4.78 is 26.9. The summed E-state index contributed by atoms with van der Waals surface area (Å²) in [6, 6.07) is 11.9. The van der Waals surface area contributed by atoms with Gasteiger partial charge in [0.15, 0.2) is 0 Å². The number of nitrogens with two attached hydrogens (primary N) is 1. The molecule has 1 saturated heterocycles. The first-order chi connectivity index (χ1) is 16.1. The molecule has 6 N–H and O–H groups in total. The Labute approximate surface area is 210 Å². The van der Waals surface area contributed by atoms with E-state index in [0.717, 1.165) is 5.56 Å². The summed E-state index contributed by atoms with van der Waals surface area (Å²) in [6.07, 6.45) is 0.635. The fourth-order valence-corrected chi connectivity index (χ4v) is 4.46. The van der Waals surface area contributed by atoms with Crippen LogP contribution < -0.4 is 15.8 Å². The zero-order valence-corrected chi connectivity index (χ0v) is 20.9. The Kier molecular flexibility index (Phi) is 9.64. The smallest absolute Gasteiger partial charge is 0.243 e. The number of hydrogen-bond acceptors (Lipinski definition) is 6. The molecule has 1 heterocycles. The third-order valence-corrected chi connectivity index (χ3v) is 7.11. The third kappa shape index (κ3) is 7.17. The molecule has 12 heteroatoms. The van der Waals surface area contributed by atoms with E-state index in [-0.39, 0.29) is 54.2 Å². The second-order valence-corrected chi connectivity index (χ2v) is 10.1. The van der Waals surface area contributed by atoms with Gasteiger partial charge in [-0.3, -0.25) is 15.0 Å². The fraction of sp³-hybridized carbons (Fsp3) is 0.348. The summed E-state index contributed by atoms with van der Waals surface area (Å²) in [6.45, 7) is 1.95. The van der Waals surface area contributed by atoms with Gasteiger partial charge < -0.3 is 21.1 Å². The van der Waals surface area contributed by atoms with E-state index in [1.54, 1.807) is 6.07 Å². The first kappa shape index (κ1) is 28.1. The molecule has 0 bridgehead atoms. The van der Waals surface area contributed by atoms with Crippen molar-refractivity contribution >= 4 is 40.1 Å². The maximum Gasteiger partial charge on any atom is 0.243 e. The SMILES string of the molecule is CCS(=O)(=O)N[C@H](Cc1ccccc1)C(=O)N1CC[C@H]1C(=O)NCc1ccc(C(=N)N)c(O)c1.Cl. The van der Waals surface area contributed by atoms with Crippen molar-refractivity contribution in [2.24, 2.45) is 5.73 Å². The highest BCUT2D eigenvalue weighted by molar-refractivity contribution is 7.89. The van der Waals surface area contributed by atoms with Gasteiger partial charge in [-0.25, -0.2) is 13.1 Å². The summed E-state index contributed by atoms with van der Waals surface area (Å²) >= 11 is 0. The van der Waals surface area contributed by atoms with Gasteiger partial charge in [-0.15, -0.1) is 12.4 Å². The number of hydrogen-bond donors (Lipinski definition) is 5. The van der Waals surface area contributed by atoms with Crippen LogP contribution >= 0.6 is 12.4 Å². The number of rotatable bonds is 10. The standard InChI is InChI=1S/C23H29N5O5S.ClH/c1-2-34(32,33)27-18(12-15-6-4-3-5-7-15)23(31)28-11-10-19(28)22(30)26-14-16-8-9-17(21(24)25)20(29)13-16;/h3-9,13,18-19,27,29H,2,10-12,14H2,1H3,(H3,24,25)(H,26,30);1H/t18-,19+;/m1./s1. The molecule has 0 aliphatic carbocycles. The molecule has 2 aromatic rings. The van der Waals surface area contributed by atoms with Crippen LogP contribution in [0.4, 0.5) is 0 Å². The molecule has 1 aliphatic rings. The predicted octanol–water partition coefficient (Wildman–Crippen LogP) is 0.866. The molecule has 0 radical (unpaired) electrons. The van der Waals surface area contributed by atoms with Gasteiger partial charge in [0.25, 0.3) is 0 Å². The molecule has 35 heavy (non-hydrogen) atoms. The lowest BCUT2D eigenvalue weighted by atomic mass is 9.98. The minimum Gasteiger partial charge on any atom is -0.507 e. The number of amidine groups is 1. The summed E-state index contributed by atoms with van der Waals surface area (Å²) in [5, 5.41) is 20.1. The summed E-state index contributed by atoms with van der Waals surface area (Å²) in [5.74, 6) is -1.40. The lowest BCUT2D eigenvalue weighted by molar-refractivity contribution is -0.148. The molecule has 2 atom stereocenters. The predicted molar refractivity (Wildman–Crippen MR) is 135 cm³/mol. The van der Waals surface area contributed by atoms with E-state index in [4.69, 9.17) is 11.1 Å². The molecular weight excluding hydrogens is 494 g/mol. The topological polar surface area (TPSA) is 166 Å². The van der Waals surface area contributed by atoms with Crippen molar-refractivity contribution in [2.45, 2.75) is 38.4 Å². The Hall–Kier alpha value is -3.15. The third-order valence-electron chi connectivity index (χ3n) is 5.71. The zero-order chi connectivity index (χ0) is 24.9. The van der Waals surface area contributed by atoms with E-state index in [9.17, 15) is 23.1 Å². The molecular formula is C23H30ClN5O5S. The monoisotopic (exact) mass is 523 g/mol. The first-order valence-corrected chi connectivity index (χ1v) is 12.5. The van der Waals surface area contributed by atoms with Gasteiger partial charge in [-0.05, 0) is 43.0 Å². The number of nitrogen functional groups attached to an aromatic ring is 1. The molecule has 2 aromatic carbocycles. The summed E-state index contributed by atoms with van der Waals surface area (Å²) in [5.41, 5.74) is 6.99. The summed E-state index contributed by atoms with van der Waals surface area (Å²) in [4.78, 5) is 27.3. The van der Waals surface area contributed by atoms with Gasteiger partial charge in [0, 0.05) is 13.1 Å². The van der Waals surface area contributed by atoms with Crippen LogP contribution in [0.3, 0.4) is 0 Å². The number of phenolic OH excluding ortho intramolecular Hbond substituents is 1. The van der Waals surface area contributed by atoms with Crippen molar-refractivity contribution in [3.05, 3.63) is 65.2 Å². The molecule has 1 fully saturated rings. The molecule has 0 aromatic heterocycles. The fourth-order valence-electron chi connectivity index (χ4n) is 3.68. The number of carbonyl (C=O) groups is 2. The number of amides is 2. The number of nitrogens with zero attached hydrogens (tertiary/aromatic N) is 1. The van der Waals surface area contributed by atoms with E-state index in [0.29, 0.717) is 18.5 Å². The quantitative estimate of drug-likeness (QED) is 0.229. The molecule has 0 saturated carbocycles. The maximum absolute atomic E-state index is 13.2.